The third-order valence-corrected chi connectivity index (χ3v) is 1.88. The lowest BCUT2D eigenvalue weighted by molar-refractivity contribution is -0.116. The van der Waals surface area contributed by atoms with Crippen molar-refractivity contribution in [3.05, 3.63) is 23.7 Å². The van der Waals surface area contributed by atoms with Crippen molar-refractivity contribution in [2.75, 3.05) is 0 Å². The predicted molar refractivity (Wildman–Crippen MR) is 57.8 cm³/mol. The van der Waals surface area contributed by atoms with Gasteiger partial charge in [0.15, 0.2) is 0 Å². The van der Waals surface area contributed by atoms with E-state index in [9.17, 15) is 9.59 Å². The lowest BCUT2D eigenvalue weighted by atomic mass is 10.2. The van der Waals surface area contributed by atoms with Crippen molar-refractivity contribution in [1.29, 1.82) is 0 Å². The maximum Gasteiger partial charge on any atom is 0.274 e. The second-order valence-corrected chi connectivity index (χ2v) is 3.32. The Bertz CT molecular complexity index is 434. The van der Waals surface area contributed by atoms with Crippen LogP contribution in [-0.4, -0.2) is 17.5 Å². The average molecular weight is 223 g/mol. The smallest absolute Gasteiger partial charge is 0.274 e. The second-order valence-electron chi connectivity index (χ2n) is 3.32. The van der Waals surface area contributed by atoms with Crippen LogP contribution < -0.4 is 11.2 Å². The van der Waals surface area contributed by atoms with Crippen LogP contribution in [0.3, 0.4) is 0 Å². The van der Waals surface area contributed by atoms with Gasteiger partial charge in [-0.2, -0.15) is 5.10 Å². The normalized spacial score (nSPS) is 11.2. The first-order chi connectivity index (χ1) is 7.50. The van der Waals surface area contributed by atoms with Crippen molar-refractivity contribution in [3.63, 3.8) is 0 Å². The molecule has 6 nitrogen and oxygen atoms in total. The molecular formula is C10H13N3O3. The molecule has 1 aromatic rings. The molecular weight excluding hydrogens is 210 g/mol. The van der Waals surface area contributed by atoms with E-state index < -0.39 is 5.91 Å². The summed E-state index contributed by atoms with van der Waals surface area (Å²) in [4.78, 5) is 22.1. The molecule has 6 heteroatoms. The molecule has 0 radical (unpaired) electrons. The highest BCUT2D eigenvalue weighted by molar-refractivity contribution is 6.00. The molecule has 0 spiro atoms. The summed E-state index contributed by atoms with van der Waals surface area (Å²) >= 11 is 0. The maximum absolute atomic E-state index is 11.5. The van der Waals surface area contributed by atoms with Gasteiger partial charge in [-0.15, -0.1) is 0 Å². The molecule has 0 bridgehead atoms. The third kappa shape index (κ3) is 3.23. The Labute approximate surface area is 92.5 Å². The molecule has 3 N–H and O–H groups in total. The van der Waals surface area contributed by atoms with E-state index in [0.29, 0.717) is 17.0 Å². The van der Waals surface area contributed by atoms with E-state index in [4.69, 9.17) is 10.2 Å². The highest BCUT2D eigenvalue weighted by Gasteiger charge is 2.10. The number of hydrogen-bond donors (Lipinski definition) is 2. The topological polar surface area (TPSA) is 97.7 Å². The zero-order chi connectivity index (χ0) is 12.1. The predicted octanol–water partition coefficient (Wildman–Crippen LogP) is 0.569. The molecule has 16 heavy (non-hydrogen) atoms. The zero-order valence-corrected chi connectivity index (χ0v) is 9.11. The van der Waals surface area contributed by atoms with Gasteiger partial charge in [-0.05, 0) is 19.9 Å². The highest BCUT2D eigenvalue weighted by Crippen LogP contribution is 2.07. The van der Waals surface area contributed by atoms with Gasteiger partial charge in [0, 0.05) is 5.71 Å². The van der Waals surface area contributed by atoms with Crippen LogP contribution in [0.1, 0.15) is 29.5 Å². The average Bonchev–Trinajstić information content (AvgIpc) is 2.60. The molecule has 86 valence electrons. The number of rotatable bonds is 4. The summed E-state index contributed by atoms with van der Waals surface area (Å²) in [5, 5.41) is 3.74. The van der Waals surface area contributed by atoms with Gasteiger partial charge in [0.1, 0.15) is 5.76 Å². The van der Waals surface area contributed by atoms with Crippen molar-refractivity contribution in [2.24, 2.45) is 10.8 Å². The Morgan fingerprint density at radius 1 is 1.56 bits per heavy atom. The Hall–Kier alpha value is -2.11. The van der Waals surface area contributed by atoms with Crippen LogP contribution >= 0.6 is 0 Å². The molecule has 0 aliphatic heterocycles. The number of nitrogens with two attached hydrogens (primary N) is 1. The van der Waals surface area contributed by atoms with Gasteiger partial charge in [0.05, 0.1) is 18.2 Å². The van der Waals surface area contributed by atoms with Gasteiger partial charge < -0.3 is 10.2 Å². The van der Waals surface area contributed by atoms with Crippen molar-refractivity contribution in [1.82, 2.24) is 5.43 Å². The molecule has 0 unspecified atom stereocenters. The van der Waals surface area contributed by atoms with Crippen LogP contribution in [0.4, 0.5) is 0 Å². The number of furan rings is 1. The van der Waals surface area contributed by atoms with E-state index in [1.165, 1.54) is 6.26 Å². The number of primary amides is 1. The summed E-state index contributed by atoms with van der Waals surface area (Å²) in [5.41, 5.74) is 8.14. The number of nitrogens with one attached hydrogen (secondary N) is 1. The lowest BCUT2D eigenvalue weighted by Crippen LogP contribution is -2.21. The standard InChI is InChI=1S/C10H13N3O3/c1-6(5-9(11)14)12-13-10(15)8-3-4-16-7(8)2/h3-4H,5H2,1-2H3,(H2,11,14)(H,13,15). The minimum atomic E-state index is -0.491. The van der Waals surface area contributed by atoms with Gasteiger partial charge in [-0.25, -0.2) is 5.43 Å². The summed E-state index contributed by atoms with van der Waals surface area (Å²) in [6, 6.07) is 1.55. The molecule has 0 saturated carbocycles. The van der Waals surface area contributed by atoms with E-state index in [1.807, 2.05) is 0 Å². The monoisotopic (exact) mass is 223 g/mol. The summed E-state index contributed by atoms with van der Waals surface area (Å²) < 4.78 is 4.97. The van der Waals surface area contributed by atoms with E-state index in [0.717, 1.165) is 0 Å². The number of hydrogen-bond acceptors (Lipinski definition) is 4. The molecule has 1 aromatic heterocycles. The van der Waals surface area contributed by atoms with E-state index in [1.54, 1.807) is 19.9 Å². The first kappa shape index (κ1) is 12.0. The van der Waals surface area contributed by atoms with Gasteiger partial charge >= 0.3 is 0 Å². The van der Waals surface area contributed by atoms with Gasteiger partial charge in [-0.3, -0.25) is 9.59 Å². The maximum atomic E-state index is 11.5. The molecule has 1 rings (SSSR count). The minimum absolute atomic E-state index is 0.0185. The summed E-state index contributed by atoms with van der Waals surface area (Å²) in [5.74, 6) is -0.356. The summed E-state index contributed by atoms with van der Waals surface area (Å²) in [6.45, 7) is 3.28. The number of amides is 2. The van der Waals surface area contributed by atoms with Crippen molar-refractivity contribution >= 4 is 17.5 Å². The minimum Gasteiger partial charge on any atom is -0.469 e. The van der Waals surface area contributed by atoms with Crippen LogP contribution in [0.5, 0.6) is 0 Å². The third-order valence-electron chi connectivity index (χ3n) is 1.88. The van der Waals surface area contributed by atoms with Crippen LogP contribution in [0.2, 0.25) is 0 Å². The first-order valence-corrected chi connectivity index (χ1v) is 4.66. The second kappa shape index (κ2) is 5.11. The molecule has 0 aliphatic carbocycles. The Balaban J connectivity index is 2.59. The quantitative estimate of drug-likeness (QED) is 0.576. The fourth-order valence-corrected chi connectivity index (χ4v) is 1.12. The fourth-order valence-electron chi connectivity index (χ4n) is 1.12. The van der Waals surface area contributed by atoms with Gasteiger partial charge in [0.2, 0.25) is 5.91 Å². The van der Waals surface area contributed by atoms with Gasteiger partial charge in [0.25, 0.3) is 5.91 Å². The van der Waals surface area contributed by atoms with Crippen molar-refractivity contribution < 1.29 is 14.0 Å². The molecule has 0 saturated heterocycles. The van der Waals surface area contributed by atoms with Crippen LogP contribution in [0.15, 0.2) is 21.8 Å². The number of aryl methyl sites for hydroxylation is 1. The van der Waals surface area contributed by atoms with Crippen molar-refractivity contribution in [2.45, 2.75) is 20.3 Å². The molecule has 2 amide bonds. The van der Waals surface area contributed by atoms with E-state index in [2.05, 4.69) is 10.5 Å². The highest BCUT2D eigenvalue weighted by atomic mass is 16.3. The zero-order valence-electron chi connectivity index (χ0n) is 9.11. The summed E-state index contributed by atoms with van der Waals surface area (Å²) in [7, 11) is 0. The molecule has 0 fully saturated rings. The number of hydrazone groups is 1. The van der Waals surface area contributed by atoms with E-state index >= 15 is 0 Å². The SMILES string of the molecule is CC(CC(N)=O)=NNC(=O)c1ccoc1C. The molecule has 1 heterocycles. The van der Waals surface area contributed by atoms with Gasteiger partial charge in [-0.1, -0.05) is 0 Å². The van der Waals surface area contributed by atoms with Crippen molar-refractivity contribution in [3.8, 4) is 0 Å². The molecule has 0 aliphatic rings. The Morgan fingerprint density at radius 2 is 2.25 bits per heavy atom. The van der Waals surface area contributed by atoms with Crippen LogP contribution in [-0.2, 0) is 4.79 Å². The number of carbonyl (C=O) groups excluding carboxylic acids is 2. The van der Waals surface area contributed by atoms with E-state index in [-0.39, 0.29) is 12.3 Å². The molecule has 0 atom stereocenters. The Morgan fingerprint density at radius 3 is 2.75 bits per heavy atom. The Kier molecular flexibility index (Phi) is 3.82. The fraction of sp³-hybridized carbons (Fsp3) is 0.300. The number of carbonyl (C=O) groups is 2. The van der Waals surface area contributed by atoms with Crippen LogP contribution in [0.25, 0.3) is 0 Å². The first-order valence-electron chi connectivity index (χ1n) is 4.66. The molecule has 0 aromatic carbocycles. The lowest BCUT2D eigenvalue weighted by Gasteiger charge is -1.99. The summed E-state index contributed by atoms with van der Waals surface area (Å²) in [6.07, 6.45) is 1.44. The number of nitrogens with zero attached hydrogens (tertiary/aromatic N) is 1. The van der Waals surface area contributed by atoms with Crippen LogP contribution in [0, 0.1) is 6.92 Å². The largest absolute Gasteiger partial charge is 0.469 e.